The molecule has 0 fully saturated rings. The molecule has 0 aromatic carbocycles. The third-order valence-corrected chi connectivity index (χ3v) is 1.78. The highest BCUT2D eigenvalue weighted by molar-refractivity contribution is 9.09. The predicted molar refractivity (Wildman–Crippen MR) is 53.0 cm³/mol. The Balaban J connectivity index is 2.73. The number of hydrogen-bond donors (Lipinski definition) is 0. The van der Waals surface area contributed by atoms with Gasteiger partial charge in [-0.2, -0.15) is 0 Å². The first-order chi connectivity index (χ1) is 6.22. The Hall–Kier alpha value is -0.900. The summed E-state index contributed by atoms with van der Waals surface area (Å²) in [6.07, 6.45) is 0.828. The maximum absolute atomic E-state index is 10.6. The van der Waals surface area contributed by atoms with Crippen LogP contribution in [0.1, 0.15) is 12.6 Å². The van der Waals surface area contributed by atoms with Crippen molar-refractivity contribution in [3.05, 3.63) is 23.9 Å². The molecule has 1 aromatic heterocycles. The van der Waals surface area contributed by atoms with Crippen LogP contribution in [0.15, 0.2) is 18.2 Å². The van der Waals surface area contributed by atoms with E-state index in [1.807, 2.05) is 12.1 Å². The Morgan fingerprint density at radius 1 is 1.62 bits per heavy atom. The van der Waals surface area contributed by atoms with Gasteiger partial charge < -0.3 is 4.74 Å². The molecule has 4 heteroatoms. The zero-order valence-corrected chi connectivity index (χ0v) is 8.87. The van der Waals surface area contributed by atoms with Crippen molar-refractivity contribution in [2.75, 3.05) is 5.33 Å². The Kier molecular flexibility index (Phi) is 3.89. The summed E-state index contributed by atoms with van der Waals surface area (Å²) in [6, 6.07) is 5.39. The molecule has 0 aliphatic carbocycles. The minimum Gasteiger partial charge on any atom is -0.408 e. The van der Waals surface area contributed by atoms with Crippen LogP contribution in [0, 0.1) is 0 Å². The van der Waals surface area contributed by atoms with Crippen molar-refractivity contribution in [2.24, 2.45) is 0 Å². The third kappa shape index (κ3) is 3.55. The van der Waals surface area contributed by atoms with Crippen LogP contribution in [-0.2, 0) is 11.2 Å². The van der Waals surface area contributed by atoms with Crippen molar-refractivity contribution in [2.45, 2.75) is 13.3 Å². The molecule has 13 heavy (non-hydrogen) atoms. The molecule has 1 rings (SSSR count). The average molecular weight is 244 g/mol. The first-order valence-electron chi connectivity index (χ1n) is 3.92. The van der Waals surface area contributed by atoms with E-state index >= 15 is 0 Å². The molecule has 0 amide bonds. The van der Waals surface area contributed by atoms with Crippen molar-refractivity contribution in [1.29, 1.82) is 0 Å². The summed E-state index contributed by atoms with van der Waals surface area (Å²) in [5.41, 5.74) is 0.913. The van der Waals surface area contributed by atoms with Crippen molar-refractivity contribution < 1.29 is 9.53 Å². The molecule has 1 heterocycles. The van der Waals surface area contributed by atoms with Crippen molar-refractivity contribution in [3.63, 3.8) is 0 Å². The van der Waals surface area contributed by atoms with Gasteiger partial charge in [-0.15, -0.1) is 0 Å². The molecule has 0 atom stereocenters. The number of carbonyl (C=O) groups excluding carboxylic acids is 1. The number of hydrogen-bond acceptors (Lipinski definition) is 3. The number of nitrogens with zero attached hydrogens (tertiary/aromatic N) is 1. The van der Waals surface area contributed by atoms with Crippen LogP contribution < -0.4 is 4.74 Å². The van der Waals surface area contributed by atoms with Gasteiger partial charge in [-0.25, -0.2) is 4.98 Å². The van der Waals surface area contributed by atoms with E-state index < -0.39 is 0 Å². The van der Waals surface area contributed by atoms with E-state index in [2.05, 4.69) is 20.9 Å². The summed E-state index contributed by atoms with van der Waals surface area (Å²) < 4.78 is 4.84. The molecule has 0 N–H and O–H groups in total. The Labute approximate surface area is 85.3 Å². The minimum atomic E-state index is -0.344. The molecule has 0 saturated heterocycles. The highest BCUT2D eigenvalue weighted by Gasteiger charge is 2.00. The topological polar surface area (TPSA) is 39.2 Å². The van der Waals surface area contributed by atoms with Crippen molar-refractivity contribution >= 4 is 21.9 Å². The number of ether oxygens (including phenoxy) is 1. The summed E-state index contributed by atoms with van der Waals surface area (Å²) in [6.45, 7) is 1.36. The maximum Gasteiger partial charge on any atom is 0.309 e. The van der Waals surface area contributed by atoms with Gasteiger partial charge in [-0.3, -0.25) is 4.79 Å². The zero-order valence-electron chi connectivity index (χ0n) is 7.29. The van der Waals surface area contributed by atoms with Crippen molar-refractivity contribution in [3.8, 4) is 5.88 Å². The van der Waals surface area contributed by atoms with Gasteiger partial charge in [-0.05, 0) is 12.5 Å². The number of rotatable bonds is 3. The Morgan fingerprint density at radius 2 is 2.38 bits per heavy atom. The Bertz CT molecular complexity index is 301. The van der Waals surface area contributed by atoms with Gasteiger partial charge in [0.15, 0.2) is 0 Å². The molecular formula is C9H10BrNO2. The number of halogens is 1. The van der Waals surface area contributed by atoms with Gasteiger partial charge in [0, 0.05) is 24.0 Å². The molecule has 0 bridgehead atoms. The SMILES string of the molecule is CC(=O)Oc1cccc(CCBr)n1. The smallest absolute Gasteiger partial charge is 0.309 e. The molecular weight excluding hydrogens is 234 g/mol. The van der Waals surface area contributed by atoms with E-state index in [0.717, 1.165) is 17.4 Å². The number of aryl methyl sites for hydroxylation is 1. The molecule has 70 valence electrons. The molecule has 0 saturated carbocycles. The lowest BCUT2D eigenvalue weighted by Gasteiger charge is -2.01. The monoisotopic (exact) mass is 243 g/mol. The summed E-state index contributed by atoms with van der Waals surface area (Å²) in [7, 11) is 0. The van der Waals surface area contributed by atoms with E-state index in [-0.39, 0.29) is 5.97 Å². The van der Waals surface area contributed by atoms with E-state index in [0.29, 0.717) is 5.88 Å². The average Bonchev–Trinajstić information content (AvgIpc) is 2.04. The maximum atomic E-state index is 10.6. The number of esters is 1. The number of pyridine rings is 1. The lowest BCUT2D eigenvalue weighted by molar-refractivity contribution is -0.132. The van der Waals surface area contributed by atoms with E-state index in [9.17, 15) is 4.79 Å². The second kappa shape index (κ2) is 4.97. The standard InChI is InChI=1S/C9H10BrNO2/c1-7(12)13-9-4-2-3-8(11-9)5-6-10/h2-4H,5-6H2,1H3. The van der Waals surface area contributed by atoms with E-state index in [4.69, 9.17) is 4.74 Å². The second-order valence-corrected chi connectivity index (χ2v) is 3.29. The van der Waals surface area contributed by atoms with Crippen LogP contribution in [0.2, 0.25) is 0 Å². The molecule has 0 aliphatic rings. The minimum absolute atomic E-state index is 0.344. The normalized spacial score (nSPS) is 9.69. The number of alkyl halides is 1. The third-order valence-electron chi connectivity index (χ3n) is 1.38. The fourth-order valence-corrected chi connectivity index (χ4v) is 1.30. The largest absolute Gasteiger partial charge is 0.408 e. The van der Waals surface area contributed by atoms with Gasteiger partial charge in [0.25, 0.3) is 0 Å². The van der Waals surface area contributed by atoms with Crippen molar-refractivity contribution in [1.82, 2.24) is 4.98 Å². The lowest BCUT2D eigenvalue weighted by Crippen LogP contribution is -2.04. The fraction of sp³-hybridized carbons (Fsp3) is 0.333. The van der Waals surface area contributed by atoms with Crippen LogP contribution in [0.3, 0.4) is 0 Å². The fourth-order valence-electron chi connectivity index (χ4n) is 0.898. The van der Waals surface area contributed by atoms with Crippen LogP contribution in [0.5, 0.6) is 5.88 Å². The van der Waals surface area contributed by atoms with Crippen LogP contribution >= 0.6 is 15.9 Å². The highest BCUT2D eigenvalue weighted by atomic mass is 79.9. The lowest BCUT2D eigenvalue weighted by atomic mass is 10.3. The van der Waals surface area contributed by atoms with Gasteiger partial charge in [0.1, 0.15) is 0 Å². The molecule has 1 aromatic rings. The van der Waals surface area contributed by atoms with Crippen LogP contribution in [0.25, 0.3) is 0 Å². The van der Waals surface area contributed by atoms with Gasteiger partial charge in [0.2, 0.25) is 5.88 Å². The Morgan fingerprint density at radius 3 is 3.00 bits per heavy atom. The first-order valence-corrected chi connectivity index (χ1v) is 5.05. The van der Waals surface area contributed by atoms with E-state index in [1.165, 1.54) is 6.92 Å². The first kappa shape index (κ1) is 10.2. The van der Waals surface area contributed by atoms with Gasteiger partial charge in [-0.1, -0.05) is 22.0 Å². The van der Waals surface area contributed by atoms with Gasteiger partial charge >= 0.3 is 5.97 Å². The number of aromatic nitrogens is 1. The summed E-state index contributed by atoms with van der Waals surface area (Å²) >= 11 is 3.31. The summed E-state index contributed by atoms with van der Waals surface area (Å²) in [5.74, 6) is 0.0226. The van der Waals surface area contributed by atoms with Crippen LogP contribution in [0.4, 0.5) is 0 Å². The molecule has 0 aliphatic heterocycles. The molecule has 0 radical (unpaired) electrons. The predicted octanol–water partition coefficient (Wildman–Crippen LogP) is 1.94. The summed E-state index contributed by atoms with van der Waals surface area (Å²) in [5, 5.41) is 0.851. The summed E-state index contributed by atoms with van der Waals surface area (Å²) in [4.78, 5) is 14.7. The molecule has 0 spiro atoms. The number of carbonyl (C=O) groups is 1. The van der Waals surface area contributed by atoms with E-state index in [1.54, 1.807) is 6.07 Å². The zero-order chi connectivity index (χ0) is 9.68. The second-order valence-electron chi connectivity index (χ2n) is 2.50. The molecule has 3 nitrogen and oxygen atoms in total. The highest BCUT2D eigenvalue weighted by Crippen LogP contribution is 2.08. The van der Waals surface area contributed by atoms with Crippen LogP contribution in [-0.4, -0.2) is 16.3 Å². The van der Waals surface area contributed by atoms with Gasteiger partial charge in [0.05, 0.1) is 0 Å². The molecule has 0 unspecified atom stereocenters. The quantitative estimate of drug-likeness (QED) is 0.602.